The highest BCUT2D eigenvalue weighted by Gasteiger charge is 2.49. The monoisotopic (exact) mass is 377 g/mol. The minimum atomic E-state index is -0.538. The van der Waals surface area contributed by atoms with Crippen molar-refractivity contribution in [3.8, 4) is 5.75 Å². The highest BCUT2D eigenvalue weighted by atomic mass is 16.5. The third-order valence-electron chi connectivity index (χ3n) is 6.58. The van der Waals surface area contributed by atoms with Gasteiger partial charge in [0.15, 0.2) is 0 Å². The van der Waals surface area contributed by atoms with Crippen LogP contribution in [0.1, 0.15) is 49.3 Å². The number of hydrogen-bond acceptors (Lipinski definition) is 3. The topological polar surface area (TPSA) is 32.7 Å². The molecule has 0 spiro atoms. The molecule has 1 N–H and O–H groups in total. The van der Waals surface area contributed by atoms with Gasteiger partial charge >= 0.3 is 0 Å². The van der Waals surface area contributed by atoms with Crippen LogP contribution in [0.5, 0.6) is 5.75 Å². The largest absolute Gasteiger partial charge is 0.496 e. The summed E-state index contributed by atoms with van der Waals surface area (Å²) in [5.41, 5.74) is 1.90. The number of aliphatic hydroxyl groups is 1. The summed E-state index contributed by atoms with van der Waals surface area (Å²) < 4.78 is 5.71. The lowest BCUT2D eigenvalue weighted by molar-refractivity contribution is -0.122. The molecule has 0 amide bonds. The molecule has 1 heterocycles. The van der Waals surface area contributed by atoms with E-state index in [1.165, 1.54) is 17.5 Å². The van der Waals surface area contributed by atoms with E-state index in [1.54, 1.807) is 7.11 Å². The van der Waals surface area contributed by atoms with Gasteiger partial charge in [0.2, 0.25) is 0 Å². The molecule has 1 aliphatic heterocycles. The molecule has 0 aromatic heterocycles. The van der Waals surface area contributed by atoms with E-state index >= 15 is 0 Å². The zero-order valence-corrected chi connectivity index (χ0v) is 16.8. The second-order valence-electron chi connectivity index (χ2n) is 8.20. The Morgan fingerprint density at radius 2 is 1.86 bits per heavy atom. The van der Waals surface area contributed by atoms with Gasteiger partial charge in [-0.25, -0.2) is 0 Å². The lowest BCUT2D eigenvalue weighted by Crippen LogP contribution is -2.54. The first-order valence-electron chi connectivity index (χ1n) is 10.5. The molecule has 3 heteroatoms. The summed E-state index contributed by atoms with van der Waals surface area (Å²) in [5, 5.41) is 11.4. The van der Waals surface area contributed by atoms with Crippen LogP contribution in [-0.2, 0) is 0 Å². The second kappa shape index (κ2) is 8.50. The number of nitrogens with zero attached hydrogens (tertiary/aromatic N) is 1. The van der Waals surface area contributed by atoms with Crippen molar-refractivity contribution < 1.29 is 9.84 Å². The molecule has 0 bridgehead atoms. The molecule has 0 unspecified atom stereocenters. The Balaban J connectivity index is 1.63. The van der Waals surface area contributed by atoms with Gasteiger partial charge in [0.25, 0.3) is 0 Å². The molecule has 0 radical (unpaired) electrons. The summed E-state index contributed by atoms with van der Waals surface area (Å²) >= 11 is 0. The average Bonchev–Trinajstić information content (AvgIpc) is 2.74. The maximum Gasteiger partial charge on any atom is 0.123 e. The first kappa shape index (κ1) is 19.2. The maximum atomic E-state index is 11.4. The lowest BCUT2D eigenvalue weighted by Gasteiger charge is -2.52. The third kappa shape index (κ3) is 3.87. The number of hydrogen-bond donors (Lipinski definition) is 1. The van der Waals surface area contributed by atoms with E-state index < -0.39 is 5.60 Å². The number of rotatable bonds is 5. The quantitative estimate of drug-likeness (QED) is 0.789. The summed E-state index contributed by atoms with van der Waals surface area (Å²) in [6.45, 7) is 1.79. The molecule has 1 saturated heterocycles. The van der Waals surface area contributed by atoms with Gasteiger partial charge in [-0.1, -0.05) is 73.5 Å². The van der Waals surface area contributed by atoms with Crippen molar-refractivity contribution in [1.29, 1.82) is 0 Å². The van der Waals surface area contributed by atoms with Gasteiger partial charge in [0.05, 0.1) is 12.7 Å². The third-order valence-corrected chi connectivity index (χ3v) is 6.58. The standard InChI is InChI=1S/C25H31NO2/c1-28-23-15-6-5-13-21(23)24-22-14-7-8-16-25(22,27)17-19-26(24)18-9-12-20-10-3-2-4-11-20/h2-6,9-13,15,22,24,27H,7-8,14,16-19H2,1H3/b12-9+/t22-,24-,25-/m0/s1. The molecule has 3 atom stereocenters. The fourth-order valence-corrected chi connectivity index (χ4v) is 5.16. The van der Waals surface area contributed by atoms with Crippen molar-refractivity contribution in [2.24, 2.45) is 5.92 Å². The molecule has 4 rings (SSSR count). The van der Waals surface area contributed by atoms with E-state index in [2.05, 4.69) is 53.5 Å². The van der Waals surface area contributed by atoms with Crippen LogP contribution in [0.4, 0.5) is 0 Å². The van der Waals surface area contributed by atoms with Crippen LogP contribution in [0.3, 0.4) is 0 Å². The van der Waals surface area contributed by atoms with Gasteiger partial charge in [-0.3, -0.25) is 4.90 Å². The first-order valence-corrected chi connectivity index (χ1v) is 10.5. The predicted molar refractivity (Wildman–Crippen MR) is 114 cm³/mol. The minimum Gasteiger partial charge on any atom is -0.496 e. The molecule has 2 aliphatic rings. The van der Waals surface area contributed by atoms with Gasteiger partial charge in [0.1, 0.15) is 5.75 Å². The molecular weight excluding hydrogens is 346 g/mol. The van der Waals surface area contributed by atoms with Crippen molar-refractivity contribution in [1.82, 2.24) is 4.90 Å². The maximum absolute atomic E-state index is 11.4. The van der Waals surface area contributed by atoms with Gasteiger partial charge in [-0.15, -0.1) is 0 Å². The number of piperidine rings is 1. The fourth-order valence-electron chi connectivity index (χ4n) is 5.16. The second-order valence-corrected chi connectivity index (χ2v) is 8.20. The minimum absolute atomic E-state index is 0.190. The SMILES string of the molecule is COc1ccccc1[C@H]1[C@@H]2CCCC[C@]2(O)CCN1C/C=C/c1ccccc1. The van der Waals surface area contributed by atoms with Crippen LogP contribution in [0.15, 0.2) is 60.7 Å². The van der Waals surface area contributed by atoms with Gasteiger partial charge in [-0.2, -0.15) is 0 Å². The highest BCUT2D eigenvalue weighted by molar-refractivity contribution is 5.49. The Bertz CT molecular complexity index is 803. The highest BCUT2D eigenvalue weighted by Crippen LogP contribution is 2.50. The summed E-state index contributed by atoms with van der Waals surface area (Å²) in [6.07, 6.45) is 9.66. The molecule has 3 nitrogen and oxygen atoms in total. The van der Waals surface area contributed by atoms with Crippen molar-refractivity contribution in [3.63, 3.8) is 0 Å². The van der Waals surface area contributed by atoms with Crippen LogP contribution in [-0.4, -0.2) is 35.8 Å². The van der Waals surface area contributed by atoms with Crippen LogP contribution >= 0.6 is 0 Å². The summed E-state index contributed by atoms with van der Waals surface area (Å²) in [6, 6.07) is 19.0. The first-order chi connectivity index (χ1) is 13.7. The van der Waals surface area contributed by atoms with E-state index in [4.69, 9.17) is 4.74 Å². The Morgan fingerprint density at radius 1 is 1.07 bits per heavy atom. The number of fused-ring (bicyclic) bond motifs is 1. The zero-order chi connectivity index (χ0) is 19.4. The van der Waals surface area contributed by atoms with E-state index in [9.17, 15) is 5.11 Å². The summed E-state index contributed by atoms with van der Waals surface area (Å²) in [5.74, 6) is 1.19. The number of likely N-dealkylation sites (tertiary alicyclic amines) is 1. The molecular formula is C25H31NO2. The van der Waals surface area contributed by atoms with E-state index in [0.29, 0.717) is 0 Å². The lowest BCUT2D eigenvalue weighted by atomic mass is 9.66. The summed E-state index contributed by atoms with van der Waals surface area (Å²) in [4.78, 5) is 2.53. The average molecular weight is 378 g/mol. The van der Waals surface area contributed by atoms with Crippen LogP contribution in [0.25, 0.3) is 6.08 Å². The normalized spacial score (nSPS) is 28.2. The predicted octanol–water partition coefficient (Wildman–Crippen LogP) is 5.08. The number of para-hydroxylation sites is 1. The zero-order valence-electron chi connectivity index (χ0n) is 16.8. The van der Waals surface area contributed by atoms with Gasteiger partial charge < -0.3 is 9.84 Å². The molecule has 28 heavy (non-hydrogen) atoms. The number of benzene rings is 2. The van der Waals surface area contributed by atoms with E-state index in [0.717, 1.165) is 44.5 Å². The van der Waals surface area contributed by atoms with E-state index in [-0.39, 0.29) is 12.0 Å². The Hall–Kier alpha value is -2.10. The fraction of sp³-hybridized carbons (Fsp3) is 0.440. The van der Waals surface area contributed by atoms with Crippen LogP contribution in [0.2, 0.25) is 0 Å². The van der Waals surface area contributed by atoms with Crippen LogP contribution in [0, 0.1) is 5.92 Å². The molecule has 148 valence electrons. The van der Waals surface area contributed by atoms with Crippen molar-refractivity contribution in [2.45, 2.75) is 43.7 Å². The Kier molecular flexibility index (Phi) is 5.84. The van der Waals surface area contributed by atoms with E-state index in [1.807, 2.05) is 18.2 Å². The molecule has 1 aliphatic carbocycles. The molecule has 1 saturated carbocycles. The Morgan fingerprint density at radius 3 is 2.68 bits per heavy atom. The number of ether oxygens (including phenoxy) is 1. The van der Waals surface area contributed by atoms with Crippen molar-refractivity contribution >= 4 is 6.08 Å². The van der Waals surface area contributed by atoms with Crippen molar-refractivity contribution in [3.05, 3.63) is 71.8 Å². The van der Waals surface area contributed by atoms with Crippen molar-refractivity contribution in [2.75, 3.05) is 20.2 Å². The molecule has 2 aromatic rings. The van der Waals surface area contributed by atoms with Gasteiger partial charge in [0, 0.05) is 30.6 Å². The summed E-state index contributed by atoms with van der Waals surface area (Å²) in [7, 11) is 1.74. The molecule has 2 fully saturated rings. The smallest absolute Gasteiger partial charge is 0.123 e. The number of methoxy groups -OCH3 is 1. The molecule has 2 aromatic carbocycles. The van der Waals surface area contributed by atoms with Gasteiger partial charge in [-0.05, 0) is 30.9 Å². The van der Waals surface area contributed by atoms with Crippen LogP contribution < -0.4 is 4.74 Å². The Labute approximate surface area is 168 Å².